The zero-order valence-electron chi connectivity index (χ0n) is 16.6. The summed E-state index contributed by atoms with van der Waals surface area (Å²) in [4.78, 5) is 26.1. The van der Waals surface area contributed by atoms with Crippen LogP contribution in [0.4, 0.5) is 4.39 Å². The number of benzene rings is 2. The number of esters is 1. The van der Waals surface area contributed by atoms with E-state index in [0.717, 1.165) is 19.5 Å². The maximum atomic E-state index is 14.8. The number of ether oxygens (including phenoxy) is 3. The van der Waals surface area contributed by atoms with Gasteiger partial charge in [-0.1, -0.05) is 0 Å². The maximum Gasteiger partial charge on any atom is 0.341 e. The fraction of sp³-hybridized carbons (Fsp3) is 0.364. The summed E-state index contributed by atoms with van der Waals surface area (Å²) in [6.45, 7) is 5.24. The molecule has 2 aromatic carbocycles. The van der Waals surface area contributed by atoms with Crippen LogP contribution in [-0.4, -0.2) is 42.6 Å². The number of hydrogen-bond acceptors (Lipinski definition) is 5. The third-order valence-corrected chi connectivity index (χ3v) is 5.14. The first-order chi connectivity index (χ1) is 13.8. The number of methoxy groups -OCH3 is 1. The zero-order valence-corrected chi connectivity index (χ0v) is 16.6. The van der Waals surface area contributed by atoms with Gasteiger partial charge in [0.15, 0.2) is 11.6 Å². The quantitative estimate of drug-likeness (QED) is 0.728. The summed E-state index contributed by atoms with van der Waals surface area (Å²) in [7, 11) is 1.19. The molecular formula is C22H22FNO5. The van der Waals surface area contributed by atoms with Gasteiger partial charge in [-0.25, -0.2) is 9.18 Å². The second-order valence-electron chi connectivity index (χ2n) is 7.85. The summed E-state index contributed by atoms with van der Waals surface area (Å²) >= 11 is 0. The average Bonchev–Trinajstić information content (AvgIpc) is 2.98. The molecule has 29 heavy (non-hydrogen) atoms. The molecule has 0 radical (unpaired) electrons. The monoisotopic (exact) mass is 399 g/mol. The predicted octanol–water partition coefficient (Wildman–Crippen LogP) is 3.96. The number of rotatable bonds is 4. The second-order valence-corrected chi connectivity index (χ2v) is 7.85. The molecule has 0 atom stereocenters. The first kappa shape index (κ1) is 19.2. The molecule has 0 aliphatic carbocycles. The lowest BCUT2D eigenvalue weighted by molar-refractivity contribution is 0.0591. The summed E-state index contributed by atoms with van der Waals surface area (Å²) in [5.74, 6) is -0.751. The fourth-order valence-corrected chi connectivity index (χ4v) is 3.50. The molecule has 1 amide bonds. The molecule has 0 aromatic heterocycles. The minimum absolute atomic E-state index is 0.00593. The van der Waals surface area contributed by atoms with E-state index in [0.29, 0.717) is 29.0 Å². The molecule has 0 unspecified atom stereocenters. The number of carbonyl (C=O) groups is 2. The smallest absolute Gasteiger partial charge is 0.341 e. The van der Waals surface area contributed by atoms with Crippen LogP contribution in [0.15, 0.2) is 30.3 Å². The molecule has 2 aliphatic heterocycles. The van der Waals surface area contributed by atoms with Crippen LogP contribution >= 0.6 is 0 Å². The molecule has 7 heteroatoms. The average molecular weight is 399 g/mol. The van der Waals surface area contributed by atoms with Crippen molar-refractivity contribution in [2.45, 2.75) is 32.3 Å². The highest BCUT2D eigenvalue weighted by atomic mass is 19.1. The Bertz CT molecular complexity index is 980. The number of halogens is 1. The SMILES string of the molecule is COC(=O)c1cc(Oc2ccc(C(=O)N3CCC3)cc2)c2c(c1F)OC(C)(C)C2. The molecule has 1 saturated heterocycles. The maximum absolute atomic E-state index is 14.8. The van der Waals surface area contributed by atoms with Crippen LogP contribution in [-0.2, 0) is 11.2 Å². The first-order valence-corrected chi connectivity index (χ1v) is 9.49. The minimum Gasteiger partial charge on any atom is -0.484 e. The molecule has 2 aromatic rings. The van der Waals surface area contributed by atoms with Crippen molar-refractivity contribution in [1.82, 2.24) is 4.90 Å². The molecule has 2 heterocycles. The van der Waals surface area contributed by atoms with E-state index in [2.05, 4.69) is 4.74 Å². The molecule has 6 nitrogen and oxygen atoms in total. The van der Waals surface area contributed by atoms with Crippen LogP contribution in [0.1, 0.15) is 46.5 Å². The summed E-state index contributed by atoms with van der Waals surface area (Å²) in [6.07, 6.45) is 1.46. The molecular weight excluding hydrogens is 377 g/mol. The van der Waals surface area contributed by atoms with Crippen molar-refractivity contribution < 1.29 is 28.2 Å². The van der Waals surface area contributed by atoms with Gasteiger partial charge in [-0.3, -0.25) is 4.79 Å². The lowest BCUT2D eigenvalue weighted by Gasteiger charge is -2.30. The number of carbonyl (C=O) groups excluding carboxylic acids is 2. The van der Waals surface area contributed by atoms with E-state index in [4.69, 9.17) is 9.47 Å². The van der Waals surface area contributed by atoms with Crippen LogP contribution in [0.3, 0.4) is 0 Å². The Labute approximate surface area is 168 Å². The Morgan fingerprint density at radius 1 is 1.17 bits per heavy atom. The second kappa shape index (κ2) is 7.06. The van der Waals surface area contributed by atoms with Crippen molar-refractivity contribution in [1.29, 1.82) is 0 Å². The number of amides is 1. The topological polar surface area (TPSA) is 65.1 Å². The third-order valence-electron chi connectivity index (χ3n) is 5.14. The Morgan fingerprint density at radius 3 is 2.45 bits per heavy atom. The van der Waals surface area contributed by atoms with Crippen molar-refractivity contribution >= 4 is 11.9 Å². The van der Waals surface area contributed by atoms with E-state index in [9.17, 15) is 14.0 Å². The van der Waals surface area contributed by atoms with Gasteiger partial charge in [-0.15, -0.1) is 0 Å². The third kappa shape index (κ3) is 3.52. The molecule has 0 spiro atoms. The molecule has 1 fully saturated rings. The van der Waals surface area contributed by atoms with Crippen LogP contribution in [0.25, 0.3) is 0 Å². The molecule has 152 valence electrons. The molecule has 4 rings (SSSR count). The van der Waals surface area contributed by atoms with Gasteiger partial charge in [0.1, 0.15) is 22.7 Å². The Morgan fingerprint density at radius 2 is 1.86 bits per heavy atom. The van der Waals surface area contributed by atoms with Crippen molar-refractivity contribution in [3.63, 3.8) is 0 Å². The van der Waals surface area contributed by atoms with E-state index in [1.807, 2.05) is 13.8 Å². The highest BCUT2D eigenvalue weighted by Gasteiger charge is 2.37. The molecule has 0 N–H and O–H groups in total. The fourth-order valence-electron chi connectivity index (χ4n) is 3.50. The van der Waals surface area contributed by atoms with Crippen LogP contribution in [0.2, 0.25) is 0 Å². The lowest BCUT2D eigenvalue weighted by Crippen LogP contribution is -2.41. The van der Waals surface area contributed by atoms with E-state index in [1.54, 1.807) is 29.2 Å². The van der Waals surface area contributed by atoms with Crippen molar-refractivity contribution in [3.8, 4) is 17.2 Å². The highest BCUT2D eigenvalue weighted by molar-refractivity contribution is 5.94. The molecule has 2 aliphatic rings. The van der Waals surface area contributed by atoms with E-state index >= 15 is 0 Å². The Hall–Kier alpha value is -3.09. The van der Waals surface area contributed by atoms with Crippen molar-refractivity contribution in [2.24, 2.45) is 0 Å². The zero-order chi connectivity index (χ0) is 20.8. The van der Waals surface area contributed by atoms with Crippen LogP contribution < -0.4 is 9.47 Å². The largest absolute Gasteiger partial charge is 0.484 e. The summed E-state index contributed by atoms with van der Waals surface area (Å²) in [5.41, 5.74) is 0.272. The lowest BCUT2D eigenvalue weighted by atomic mass is 9.99. The summed E-state index contributed by atoms with van der Waals surface area (Å²) in [6, 6.07) is 8.09. The van der Waals surface area contributed by atoms with Crippen molar-refractivity contribution in [2.75, 3.05) is 20.2 Å². The van der Waals surface area contributed by atoms with Gasteiger partial charge in [0.2, 0.25) is 0 Å². The van der Waals surface area contributed by atoms with E-state index in [1.165, 1.54) is 13.2 Å². The van der Waals surface area contributed by atoms with Gasteiger partial charge in [0.25, 0.3) is 5.91 Å². The standard InChI is InChI=1S/C22H22FNO5/c1-22(2)12-16-17(11-15(21(26)27-3)18(23)19(16)29-22)28-14-7-5-13(6-8-14)20(25)24-9-4-10-24/h5-8,11H,4,9-10,12H2,1-3H3. The molecule has 0 saturated carbocycles. The van der Waals surface area contributed by atoms with E-state index in [-0.39, 0.29) is 17.2 Å². The minimum atomic E-state index is -0.807. The number of nitrogens with zero attached hydrogens (tertiary/aromatic N) is 1. The number of hydrogen-bond donors (Lipinski definition) is 0. The Balaban J connectivity index is 1.65. The van der Waals surface area contributed by atoms with Gasteiger partial charge < -0.3 is 19.1 Å². The summed E-state index contributed by atoms with van der Waals surface area (Å²) in [5, 5.41) is 0. The van der Waals surface area contributed by atoms with Gasteiger partial charge in [-0.2, -0.15) is 0 Å². The highest BCUT2D eigenvalue weighted by Crippen LogP contribution is 2.45. The molecule has 0 bridgehead atoms. The first-order valence-electron chi connectivity index (χ1n) is 9.49. The number of fused-ring (bicyclic) bond motifs is 1. The number of likely N-dealkylation sites (tertiary alicyclic amines) is 1. The van der Waals surface area contributed by atoms with Gasteiger partial charge in [0, 0.05) is 30.6 Å². The van der Waals surface area contributed by atoms with Gasteiger partial charge in [-0.05, 0) is 50.6 Å². The van der Waals surface area contributed by atoms with Crippen LogP contribution in [0, 0.1) is 5.82 Å². The summed E-state index contributed by atoms with van der Waals surface area (Å²) < 4.78 is 31.2. The van der Waals surface area contributed by atoms with Gasteiger partial charge >= 0.3 is 5.97 Å². The Kier molecular flexibility index (Phi) is 4.68. The van der Waals surface area contributed by atoms with Crippen molar-refractivity contribution in [3.05, 3.63) is 52.8 Å². The van der Waals surface area contributed by atoms with Crippen LogP contribution in [0.5, 0.6) is 17.2 Å². The van der Waals surface area contributed by atoms with Gasteiger partial charge in [0.05, 0.1) is 7.11 Å². The van der Waals surface area contributed by atoms with E-state index < -0.39 is 17.4 Å². The normalized spacial score (nSPS) is 16.5. The predicted molar refractivity (Wildman–Crippen MR) is 103 cm³/mol.